The lowest BCUT2D eigenvalue weighted by molar-refractivity contribution is -0.0650. The summed E-state index contributed by atoms with van der Waals surface area (Å²) in [6.45, 7) is 6.68. The Morgan fingerprint density at radius 2 is 2.10 bits per heavy atom. The fourth-order valence-electron chi connectivity index (χ4n) is 2.27. The quantitative estimate of drug-likeness (QED) is 0.890. The molecule has 0 radical (unpaired) electrons. The highest BCUT2D eigenvalue weighted by molar-refractivity contribution is 9.10. The van der Waals surface area contributed by atoms with Gasteiger partial charge in [-0.15, -0.1) is 0 Å². The first-order chi connectivity index (χ1) is 9.54. The van der Waals surface area contributed by atoms with Crippen molar-refractivity contribution in [2.75, 3.05) is 26.3 Å². The molecule has 2 rings (SSSR count). The Kier molecular flexibility index (Phi) is 5.84. The molecular weight excluding hydrogens is 322 g/mol. The van der Waals surface area contributed by atoms with Crippen LogP contribution in [0.5, 0.6) is 5.75 Å². The fraction of sp³-hybridized carbons (Fsp3) is 0.600. The average molecular weight is 344 g/mol. The van der Waals surface area contributed by atoms with Crippen LogP contribution in [0.2, 0.25) is 0 Å². The van der Waals surface area contributed by atoms with E-state index in [1.807, 2.05) is 24.3 Å². The first-order valence-electron chi connectivity index (χ1n) is 6.96. The van der Waals surface area contributed by atoms with Crippen LogP contribution in [-0.2, 0) is 4.74 Å². The standard InChI is InChI=1S/C15H22BrNO3/c1-11-9-19-12(2)7-17(11)8-14(18)10-20-15-5-3-13(16)4-6-15/h3-6,11-12,14,18H,7-10H2,1-2H3. The largest absolute Gasteiger partial charge is 0.491 e. The summed E-state index contributed by atoms with van der Waals surface area (Å²) in [5.41, 5.74) is 0. The lowest BCUT2D eigenvalue weighted by Crippen LogP contribution is -2.50. The molecule has 4 nitrogen and oxygen atoms in total. The molecule has 20 heavy (non-hydrogen) atoms. The van der Waals surface area contributed by atoms with E-state index >= 15 is 0 Å². The summed E-state index contributed by atoms with van der Waals surface area (Å²) in [6.07, 6.45) is -0.266. The molecule has 112 valence electrons. The van der Waals surface area contributed by atoms with Crippen molar-refractivity contribution < 1.29 is 14.6 Å². The molecule has 1 heterocycles. The monoisotopic (exact) mass is 343 g/mol. The molecule has 3 atom stereocenters. The van der Waals surface area contributed by atoms with Crippen LogP contribution in [0.3, 0.4) is 0 Å². The van der Waals surface area contributed by atoms with Gasteiger partial charge in [0.15, 0.2) is 0 Å². The molecule has 5 heteroatoms. The Morgan fingerprint density at radius 3 is 2.80 bits per heavy atom. The second kappa shape index (κ2) is 7.41. The molecule has 0 aliphatic carbocycles. The van der Waals surface area contributed by atoms with Crippen molar-refractivity contribution in [2.24, 2.45) is 0 Å². The van der Waals surface area contributed by atoms with E-state index in [1.54, 1.807) is 0 Å². The Labute approximate surface area is 128 Å². The first kappa shape index (κ1) is 15.8. The van der Waals surface area contributed by atoms with E-state index in [4.69, 9.17) is 9.47 Å². The second-order valence-corrected chi connectivity index (χ2v) is 6.28. The maximum absolute atomic E-state index is 10.1. The summed E-state index contributed by atoms with van der Waals surface area (Å²) in [5, 5.41) is 10.1. The van der Waals surface area contributed by atoms with Gasteiger partial charge in [0.25, 0.3) is 0 Å². The summed E-state index contributed by atoms with van der Waals surface area (Å²) in [4.78, 5) is 2.25. The number of nitrogens with zero attached hydrogens (tertiary/aromatic N) is 1. The number of aliphatic hydroxyl groups excluding tert-OH is 1. The normalized spacial score (nSPS) is 25.4. The van der Waals surface area contributed by atoms with Gasteiger partial charge in [0.05, 0.1) is 12.7 Å². The molecule has 1 aromatic carbocycles. The average Bonchev–Trinajstić information content (AvgIpc) is 2.42. The highest BCUT2D eigenvalue weighted by Gasteiger charge is 2.25. The molecule has 1 fully saturated rings. The summed E-state index contributed by atoms with van der Waals surface area (Å²) < 4.78 is 12.2. The fourth-order valence-corrected chi connectivity index (χ4v) is 2.54. The van der Waals surface area contributed by atoms with Gasteiger partial charge in [-0.2, -0.15) is 0 Å². The topological polar surface area (TPSA) is 41.9 Å². The summed E-state index contributed by atoms with van der Waals surface area (Å²) in [7, 11) is 0. The van der Waals surface area contributed by atoms with Crippen molar-refractivity contribution in [3.63, 3.8) is 0 Å². The third-order valence-electron chi connectivity index (χ3n) is 3.44. The molecule has 1 aromatic rings. The van der Waals surface area contributed by atoms with E-state index in [2.05, 4.69) is 34.7 Å². The third-order valence-corrected chi connectivity index (χ3v) is 3.97. The number of hydrogen-bond donors (Lipinski definition) is 1. The van der Waals surface area contributed by atoms with Crippen molar-refractivity contribution in [2.45, 2.75) is 32.1 Å². The van der Waals surface area contributed by atoms with Crippen LogP contribution in [-0.4, -0.2) is 54.6 Å². The van der Waals surface area contributed by atoms with E-state index in [0.29, 0.717) is 19.2 Å². The molecule has 0 spiro atoms. The molecule has 1 aliphatic heterocycles. The minimum absolute atomic E-state index is 0.228. The minimum atomic E-state index is -0.494. The predicted molar refractivity (Wildman–Crippen MR) is 82.1 cm³/mol. The van der Waals surface area contributed by atoms with Gasteiger partial charge >= 0.3 is 0 Å². The van der Waals surface area contributed by atoms with Gasteiger partial charge in [-0.3, -0.25) is 4.90 Å². The number of halogens is 1. The lowest BCUT2D eigenvalue weighted by Gasteiger charge is -2.37. The van der Waals surface area contributed by atoms with Gasteiger partial charge in [0.2, 0.25) is 0 Å². The van der Waals surface area contributed by atoms with Gasteiger partial charge in [0, 0.05) is 23.6 Å². The van der Waals surface area contributed by atoms with Crippen LogP contribution in [0.4, 0.5) is 0 Å². The van der Waals surface area contributed by atoms with Gasteiger partial charge < -0.3 is 14.6 Å². The van der Waals surface area contributed by atoms with Crippen molar-refractivity contribution >= 4 is 15.9 Å². The Hall–Kier alpha value is -0.620. The molecular formula is C15H22BrNO3. The number of ether oxygens (including phenoxy) is 2. The van der Waals surface area contributed by atoms with Crippen LogP contribution in [0.1, 0.15) is 13.8 Å². The molecule has 1 aliphatic rings. The minimum Gasteiger partial charge on any atom is -0.491 e. The Morgan fingerprint density at radius 1 is 1.40 bits per heavy atom. The highest BCUT2D eigenvalue weighted by atomic mass is 79.9. The second-order valence-electron chi connectivity index (χ2n) is 5.37. The van der Waals surface area contributed by atoms with Gasteiger partial charge in [-0.1, -0.05) is 15.9 Å². The van der Waals surface area contributed by atoms with Gasteiger partial charge in [-0.25, -0.2) is 0 Å². The van der Waals surface area contributed by atoms with E-state index in [-0.39, 0.29) is 6.10 Å². The number of β-amino-alcohol motifs (C(OH)–C–C–N with tert-alkyl or cyclic N) is 1. The van der Waals surface area contributed by atoms with E-state index in [9.17, 15) is 5.11 Å². The molecule has 1 N–H and O–H groups in total. The molecule has 3 unspecified atom stereocenters. The lowest BCUT2D eigenvalue weighted by atomic mass is 10.2. The SMILES string of the molecule is CC1CN(CC(O)COc2ccc(Br)cc2)C(C)CO1. The zero-order valence-electron chi connectivity index (χ0n) is 12.0. The summed E-state index contributed by atoms with van der Waals surface area (Å²) in [5.74, 6) is 0.774. The number of morpholine rings is 1. The summed E-state index contributed by atoms with van der Waals surface area (Å²) >= 11 is 3.38. The van der Waals surface area contributed by atoms with Crippen LogP contribution >= 0.6 is 15.9 Å². The van der Waals surface area contributed by atoms with Crippen molar-refractivity contribution in [3.8, 4) is 5.75 Å². The third kappa shape index (κ3) is 4.74. The predicted octanol–water partition coefficient (Wildman–Crippen LogP) is 2.30. The van der Waals surface area contributed by atoms with Crippen LogP contribution in [0.15, 0.2) is 28.7 Å². The van der Waals surface area contributed by atoms with E-state index in [0.717, 1.165) is 23.4 Å². The van der Waals surface area contributed by atoms with Gasteiger partial charge in [0.1, 0.15) is 18.5 Å². The summed E-state index contributed by atoms with van der Waals surface area (Å²) in [6, 6.07) is 7.96. The van der Waals surface area contributed by atoms with Gasteiger partial charge in [-0.05, 0) is 38.1 Å². The maximum atomic E-state index is 10.1. The van der Waals surface area contributed by atoms with Crippen molar-refractivity contribution in [3.05, 3.63) is 28.7 Å². The Balaban J connectivity index is 1.77. The van der Waals surface area contributed by atoms with Crippen molar-refractivity contribution in [1.29, 1.82) is 0 Å². The first-order valence-corrected chi connectivity index (χ1v) is 7.76. The van der Waals surface area contributed by atoms with Crippen molar-refractivity contribution in [1.82, 2.24) is 4.90 Å². The molecule has 0 saturated carbocycles. The van der Waals surface area contributed by atoms with E-state index < -0.39 is 6.10 Å². The van der Waals surface area contributed by atoms with Crippen LogP contribution in [0, 0.1) is 0 Å². The number of aliphatic hydroxyl groups is 1. The molecule has 1 saturated heterocycles. The zero-order valence-corrected chi connectivity index (χ0v) is 13.5. The van der Waals surface area contributed by atoms with E-state index in [1.165, 1.54) is 0 Å². The smallest absolute Gasteiger partial charge is 0.119 e. The number of rotatable bonds is 5. The maximum Gasteiger partial charge on any atom is 0.119 e. The number of benzene rings is 1. The highest BCUT2D eigenvalue weighted by Crippen LogP contribution is 2.17. The zero-order chi connectivity index (χ0) is 14.5. The van der Waals surface area contributed by atoms with Crippen LogP contribution in [0.25, 0.3) is 0 Å². The number of hydrogen-bond acceptors (Lipinski definition) is 4. The molecule has 0 aromatic heterocycles. The molecule has 0 bridgehead atoms. The van der Waals surface area contributed by atoms with Crippen LogP contribution < -0.4 is 4.74 Å². The Bertz CT molecular complexity index is 412. The molecule has 0 amide bonds.